The Morgan fingerprint density at radius 2 is 2.33 bits per heavy atom. The summed E-state index contributed by atoms with van der Waals surface area (Å²) in [5.74, 6) is -0.132. The highest BCUT2D eigenvalue weighted by Crippen LogP contribution is 1.82. The van der Waals surface area contributed by atoms with Gasteiger partial charge in [-0.3, -0.25) is 4.79 Å². The summed E-state index contributed by atoms with van der Waals surface area (Å²) in [6.07, 6.45) is 0. The van der Waals surface area contributed by atoms with Crippen LogP contribution >= 0.6 is 11.6 Å². The molecule has 3 heteroatoms. The van der Waals surface area contributed by atoms with Crippen molar-refractivity contribution in [2.24, 2.45) is 0 Å². The van der Waals surface area contributed by atoms with Gasteiger partial charge in [0.2, 0.25) is 5.91 Å². The molecule has 2 nitrogen and oxygen atoms in total. The van der Waals surface area contributed by atoms with Gasteiger partial charge in [0, 0.05) is 6.54 Å². The Balaban J connectivity index is 3.28. The zero-order valence-corrected chi connectivity index (χ0v) is 6.16. The molecule has 1 N–H and O–H groups in total. The molecule has 0 aromatic rings. The van der Waals surface area contributed by atoms with Crippen LogP contribution in [0.3, 0.4) is 0 Å². The maximum atomic E-state index is 10.4. The second-order valence-corrected chi connectivity index (χ2v) is 2.13. The minimum Gasteiger partial charge on any atom is -0.351 e. The summed E-state index contributed by atoms with van der Waals surface area (Å²) in [6, 6.07) is 0. The van der Waals surface area contributed by atoms with Crippen molar-refractivity contribution < 1.29 is 4.79 Å². The maximum Gasteiger partial charge on any atom is 0.235 e. The van der Waals surface area contributed by atoms with E-state index in [1.54, 1.807) is 0 Å². The number of carbonyl (C=O) groups is 1. The Bertz CT molecular complexity index is 122. The number of alkyl halides is 1. The van der Waals surface area contributed by atoms with Crippen LogP contribution in [0.4, 0.5) is 0 Å². The second-order valence-electron chi connectivity index (χ2n) is 1.87. The van der Waals surface area contributed by atoms with Crippen molar-refractivity contribution in [3.63, 3.8) is 0 Å². The van der Waals surface area contributed by atoms with Gasteiger partial charge in [0.1, 0.15) is 5.88 Å². The van der Waals surface area contributed by atoms with Crippen molar-refractivity contribution in [1.82, 2.24) is 5.32 Å². The molecule has 0 atom stereocenters. The SMILES string of the molecule is C=C(C)CNC(=O)CCl. The summed E-state index contributed by atoms with van der Waals surface area (Å²) >= 11 is 5.19. The summed E-state index contributed by atoms with van der Waals surface area (Å²) < 4.78 is 0. The number of hydrogen-bond donors (Lipinski definition) is 1. The van der Waals surface area contributed by atoms with Crippen LogP contribution in [0.2, 0.25) is 0 Å². The van der Waals surface area contributed by atoms with E-state index < -0.39 is 0 Å². The molecule has 0 radical (unpaired) electrons. The van der Waals surface area contributed by atoms with Crippen molar-refractivity contribution >= 4 is 17.5 Å². The highest BCUT2D eigenvalue weighted by molar-refractivity contribution is 6.27. The molecule has 0 aromatic carbocycles. The first-order valence-electron chi connectivity index (χ1n) is 2.64. The van der Waals surface area contributed by atoms with Gasteiger partial charge in [-0.05, 0) is 6.92 Å². The third kappa shape index (κ3) is 5.37. The molecule has 0 saturated heterocycles. The van der Waals surface area contributed by atoms with Crippen molar-refractivity contribution in [3.8, 4) is 0 Å². The van der Waals surface area contributed by atoms with E-state index in [0.717, 1.165) is 5.57 Å². The van der Waals surface area contributed by atoms with Crippen LogP contribution in [-0.2, 0) is 4.79 Å². The van der Waals surface area contributed by atoms with Crippen molar-refractivity contribution in [3.05, 3.63) is 12.2 Å². The van der Waals surface area contributed by atoms with E-state index in [4.69, 9.17) is 11.6 Å². The third-order valence-corrected chi connectivity index (χ3v) is 0.951. The quantitative estimate of drug-likeness (QED) is 0.467. The highest BCUT2D eigenvalue weighted by Gasteiger charge is 1.94. The fourth-order valence-corrected chi connectivity index (χ4v) is 0.391. The number of amides is 1. The Labute approximate surface area is 59.9 Å². The molecule has 0 saturated carbocycles. The average molecular weight is 148 g/mol. The standard InChI is InChI=1S/C6H10ClNO/c1-5(2)4-8-6(9)3-7/h1,3-4H2,2H3,(H,8,9). The molecule has 0 fully saturated rings. The van der Waals surface area contributed by atoms with Crippen LogP contribution in [-0.4, -0.2) is 18.3 Å². The van der Waals surface area contributed by atoms with E-state index in [9.17, 15) is 4.79 Å². The van der Waals surface area contributed by atoms with Gasteiger partial charge in [0.05, 0.1) is 0 Å². The largest absolute Gasteiger partial charge is 0.351 e. The van der Waals surface area contributed by atoms with Gasteiger partial charge in [-0.25, -0.2) is 0 Å². The van der Waals surface area contributed by atoms with E-state index in [1.165, 1.54) is 0 Å². The summed E-state index contributed by atoms with van der Waals surface area (Å²) in [5, 5.41) is 2.56. The molecule has 0 rings (SSSR count). The lowest BCUT2D eigenvalue weighted by atomic mass is 10.3. The van der Waals surface area contributed by atoms with Crippen LogP contribution in [0.5, 0.6) is 0 Å². The van der Waals surface area contributed by atoms with Gasteiger partial charge in [-0.15, -0.1) is 11.6 Å². The van der Waals surface area contributed by atoms with Crippen LogP contribution in [0.25, 0.3) is 0 Å². The Hall–Kier alpha value is -0.500. The molecule has 0 bridgehead atoms. The van der Waals surface area contributed by atoms with Gasteiger partial charge >= 0.3 is 0 Å². The lowest BCUT2D eigenvalue weighted by Gasteiger charge is -1.99. The molecule has 1 amide bonds. The summed E-state index contributed by atoms with van der Waals surface area (Å²) in [6.45, 7) is 5.96. The smallest absolute Gasteiger partial charge is 0.235 e. The third-order valence-electron chi connectivity index (χ3n) is 0.709. The summed E-state index contributed by atoms with van der Waals surface area (Å²) in [4.78, 5) is 10.4. The van der Waals surface area contributed by atoms with Crippen molar-refractivity contribution in [2.45, 2.75) is 6.92 Å². The minimum absolute atomic E-state index is 0.0211. The first-order valence-corrected chi connectivity index (χ1v) is 3.17. The lowest BCUT2D eigenvalue weighted by molar-refractivity contribution is -0.118. The fourth-order valence-electron chi connectivity index (χ4n) is 0.297. The van der Waals surface area contributed by atoms with E-state index >= 15 is 0 Å². The molecule has 0 spiro atoms. The molecule has 0 aliphatic rings. The number of nitrogens with one attached hydrogen (secondary N) is 1. The molecule has 0 aliphatic carbocycles. The van der Waals surface area contributed by atoms with Crippen LogP contribution in [0.1, 0.15) is 6.92 Å². The van der Waals surface area contributed by atoms with Gasteiger partial charge in [0.15, 0.2) is 0 Å². The summed E-state index contributed by atoms with van der Waals surface area (Å²) in [7, 11) is 0. The first-order chi connectivity index (χ1) is 4.16. The number of rotatable bonds is 3. The van der Waals surface area contributed by atoms with Gasteiger partial charge in [0.25, 0.3) is 0 Å². The van der Waals surface area contributed by atoms with Crippen LogP contribution in [0, 0.1) is 0 Å². The lowest BCUT2D eigenvalue weighted by Crippen LogP contribution is -2.25. The number of hydrogen-bond acceptors (Lipinski definition) is 1. The highest BCUT2D eigenvalue weighted by atomic mass is 35.5. The molecular formula is C6H10ClNO. The first kappa shape index (κ1) is 8.50. The monoisotopic (exact) mass is 147 g/mol. The molecule has 9 heavy (non-hydrogen) atoms. The molecule has 0 aromatic heterocycles. The van der Waals surface area contributed by atoms with E-state index in [1.807, 2.05) is 6.92 Å². The predicted molar refractivity (Wildman–Crippen MR) is 38.5 cm³/mol. The predicted octanol–water partition coefficient (Wildman–Crippen LogP) is 0.917. The second kappa shape index (κ2) is 4.39. The zero-order chi connectivity index (χ0) is 7.28. The molecule has 0 unspecified atom stereocenters. The molecule has 0 aliphatic heterocycles. The Morgan fingerprint density at radius 3 is 2.67 bits per heavy atom. The fraction of sp³-hybridized carbons (Fsp3) is 0.500. The normalized spacial score (nSPS) is 8.67. The van der Waals surface area contributed by atoms with E-state index in [0.29, 0.717) is 6.54 Å². The molecule has 0 heterocycles. The topological polar surface area (TPSA) is 29.1 Å². The van der Waals surface area contributed by atoms with E-state index in [-0.39, 0.29) is 11.8 Å². The zero-order valence-electron chi connectivity index (χ0n) is 5.41. The van der Waals surface area contributed by atoms with Crippen LogP contribution < -0.4 is 5.32 Å². The van der Waals surface area contributed by atoms with Gasteiger partial charge in [-0.1, -0.05) is 12.2 Å². The molecule has 52 valence electrons. The number of carbonyl (C=O) groups excluding carboxylic acids is 1. The summed E-state index contributed by atoms with van der Waals surface area (Å²) in [5.41, 5.74) is 0.925. The number of halogens is 1. The maximum absolute atomic E-state index is 10.4. The van der Waals surface area contributed by atoms with E-state index in [2.05, 4.69) is 11.9 Å². The van der Waals surface area contributed by atoms with Crippen LogP contribution in [0.15, 0.2) is 12.2 Å². The van der Waals surface area contributed by atoms with Gasteiger partial charge < -0.3 is 5.32 Å². The van der Waals surface area contributed by atoms with Crippen molar-refractivity contribution in [2.75, 3.05) is 12.4 Å². The molecular weight excluding hydrogens is 138 g/mol. The Morgan fingerprint density at radius 1 is 1.78 bits per heavy atom. The Kier molecular flexibility index (Phi) is 4.14. The average Bonchev–Trinajstić information content (AvgIpc) is 1.83. The van der Waals surface area contributed by atoms with Gasteiger partial charge in [-0.2, -0.15) is 0 Å². The van der Waals surface area contributed by atoms with Crippen molar-refractivity contribution in [1.29, 1.82) is 0 Å². The minimum atomic E-state index is -0.153.